The van der Waals surface area contributed by atoms with Crippen molar-refractivity contribution in [3.8, 4) is 0 Å². The number of nitrogens with zero attached hydrogens (tertiary/aromatic N) is 2. The van der Waals surface area contributed by atoms with Gasteiger partial charge in [0.15, 0.2) is 0 Å². The molecule has 0 amide bonds. The number of aryl methyl sites for hydroxylation is 1. The van der Waals surface area contributed by atoms with Crippen molar-refractivity contribution >= 4 is 39.0 Å². The van der Waals surface area contributed by atoms with E-state index in [4.69, 9.17) is 11.6 Å². The second-order valence-electron chi connectivity index (χ2n) is 4.71. The monoisotopic (exact) mass is 303 g/mol. The summed E-state index contributed by atoms with van der Waals surface area (Å²) >= 11 is 7.90. The summed E-state index contributed by atoms with van der Waals surface area (Å²) in [7, 11) is 0. The number of halogens is 1. The van der Waals surface area contributed by atoms with Gasteiger partial charge in [0.25, 0.3) is 0 Å². The van der Waals surface area contributed by atoms with Crippen molar-refractivity contribution in [3.63, 3.8) is 0 Å². The molecule has 20 heavy (non-hydrogen) atoms. The Morgan fingerprint density at radius 2 is 2.05 bits per heavy atom. The third kappa shape index (κ3) is 2.37. The van der Waals surface area contributed by atoms with E-state index in [9.17, 15) is 0 Å². The molecule has 0 fully saturated rings. The largest absolute Gasteiger partial charge is 0.362 e. The van der Waals surface area contributed by atoms with E-state index in [1.54, 1.807) is 17.7 Å². The number of aromatic nitrogens is 2. The van der Waals surface area contributed by atoms with Gasteiger partial charge in [-0.1, -0.05) is 29.8 Å². The van der Waals surface area contributed by atoms with Crippen molar-refractivity contribution in [2.24, 2.45) is 0 Å². The second-order valence-corrected chi connectivity index (χ2v) is 5.99. The molecule has 3 nitrogen and oxygen atoms in total. The average Bonchev–Trinajstić information content (AvgIpc) is 2.82. The summed E-state index contributed by atoms with van der Waals surface area (Å²) in [6.45, 7) is 4.14. The van der Waals surface area contributed by atoms with Gasteiger partial charge in [0, 0.05) is 5.02 Å². The minimum atomic E-state index is 0.0872. The number of benzene rings is 1. The minimum Gasteiger partial charge on any atom is -0.362 e. The van der Waals surface area contributed by atoms with E-state index in [1.807, 2.05) is 24.3 Å². The summed E-state index contributed by atoms with van der Waals surface area (Å²) < 4.78 is 1.09. The predicted molar refractivity (Wildman–Crippen MR) is 85.6 cm³/mol. The molecule has 0 saturated heterocycles. The van der Waals surface area contributed by atoms with E-state index < -0.39 is 0 Å². The Hall–Kier alpha value is -1.65. The van der Waals surface area contributed by atoms with Crippen LogP contribution in [0.3, 0.4) is 0 Å². The van der Waals surface area contributed by atoms with Gasteiger partial charge in [-0.15, -0.1) is 11.3 Å². The van der Waals surface area contributed by atoms with Crippen LogP contribution < -0.4 is 5.32 Å². The lowest BCUT2D eigenvalue weighted by molar-refractivity contribution is 0.876. The molecule has 1 atom stereocenters. The van der Waals surface area contributed by atoms with Crippen molar-refractivity contribution < 1.29 is 0 Å². The zero-order valence-electron chi connectivity index (χ0n) is 11.2. The van der Waals surface area contributed by atoms with Gasteiger partial charge < -0.3 is 5.32 Å². The number of hydrogen-bond donors (Lipinski definition) is 1. The fourth-order valence-corrected chi connectivity index (χ4v) is 3.44. The number of hydrogen-bond acceptors (Lipinski definition) is 4. The Kier molecular flexibility index (Phi) is 3.59. The molecule has 1 aromatic carbocycles. The van der Waals surface area contributed by atoms with Crippen molar-refractivity contribution in [1.29, 1.82) is 0 Å². The first-order valence-corrected chi connectivity index (χ1v) is 7.62. The van der Waals surface area contributed by atoms with E-state index >= 15 is 0 Å². The number of anilines is 1. The maximum absolute atomic E-state index is 6.24. The van der Waals surface area contributed by atoms with Crippen LogP contribution in [-0.2, 0) is 0 Å². The molecule has 0 saturated carbocycles. The molecule has 5 heteroatoms. The predicted octanol–water partition coefficient (Wildman–Crippen LogP) is 4.83. The zero-order valence-corrected chi connectivity index (χ0v) is 12.8. The molecule has 2 heterocycles. The molecule has 0 aliphatic heterocycles. The molecule has 0 spiro atoms. The molecule has 102 valence electrons. The highest BCUT2D eigenvalue weighted by molar-refractivity contribution is 7.18. The number of nitrogens with one attached hydrogen (secondary N) is 1. The van der Waals surface area contributed by atoms with Crippen LogP contribution in [-0.4, -0.2) is 9.97 Å². The lowest BCUT2D eigenvalue weighted by atomic mass is 10.1. The van der Waals surface area contributed by atoms with Crippen molar-refractivity contribution in [2.45, 2.75) is 19.9 Å². The average molecular weight is 304 g/mol. The molecular formula is C15H14ClN3S. The quantitative estimate of drug-likeness (QED) is 0.753. The summed E-state index contributed by atoms with van der Waals surface area (Å²) in [6.07, 6.45) is 1.60. The maximum atomic E-state index is 6.24. The number of fused-ring (bicyclic) bond motifs is 1. The first-order valence-electron chi connectivity index (χ1n) is 6.36. The Morgan fingerprint density at radius 3 is 2.85 bits per heavy atom. The summed E-state index contributed by atoms with van der Waals surface area (Å²) in [6, 6.07) is 7.94. The highest BCUT2D eigenvalue weighted by Gasteiger charge is 2.13. The van der Waals surface area contributed by atoms with Crippen molar-refractivity contribution in [2.75, 3.05) is 5.32 Å². The first-order chi connectivity index (χ1) is 9.66. The van der Waals surface area contributed by atoms with Gasteiger partial charge in [-0.2, -0.15) is 0 Å². The van der Waals surface area contributed by atoms with Gasteiger partial charge in [0.1, 0.15) is 12.1 Å². The SMILES string of the molecule is Cc1csc2c(NC(C)c3ccccc3Cl)ncnc12. The Balaban J connectivity index is 1.95. The zero-order chi connectivity index (χ0) is 14.1. The Bertz CT molecular complexity index is 754. The molecule has 0 bridgehead atoms. The van der Waals surface area contributed by atoms with E-state index in [2.05, 4.69) is 34.5 Å². The summed E-state index contributed by atoms with van der Waals surface area (Å²) in [5, 5.41) is 6.30. The van der Waals surface area contributed by atoms with E-state index in [0.29, 0.717) is 0 Å². The molecule has 2 aromatic heterocycles. The van der Waals surface area contributed by atoms with Crippen LogP contribution in [0.2, 0.25) is 5.02 Å². The fraction of sp³-hybridized carbons (Fsp3) is 0.200. The molecule has 3 rings (SSSR count). The molecule has 1 unspecified atom stereocenters. The van der Waals surface area contributed by atoms with Crippen molar-refractivity contribution in [1.82, 2.24) is 9.97 Å². The highest BCUT2D eigenvalue weighted by atomic mass is 35.5. The van der Waals surface area contributed by atoms with Gasteiger partial charge in [-0.25, -0.2) is 9.97 Å². The van der Waals surface area contributed by atoms with Crippen LogP contribution in [0.1, 0.15) is 24.1 Å². The van der Waals surface area contributed by atoms with Gasteiger partial charge >= 0.3 is 0 Å². The topological polar surface area (TPSA) is 37.8 Å². The molecule has 0 aliphatic rings. The second kappa shape index (κ2) is 5.38. The van der Waals surface area contributed by atoms with Gasteiger partial charge in [-0.3, -0.25) is 0 Å². The third-order valence-corrected chi connectivity index (χ3v) is 4.69. The molecule has 1 N–H and O–H groups in total. The third-order valence-electron chi connectivity index (χ3n) is 3.26. The Labute approximate surface area is 126 Å². The van der Waals surface area contributed by atoms with Gasteiger partial charge in [-0.05, 0) is 36.4 Å². The number of thiophene rings is 1. The molecular weight excluding hydrogens is 290 g/mol. The van der Waals surface area contributed by atoms with Crippen LogP contribution in [0.25, 0.3) is 10.2 Å². The van der Waals surface area contributed by atoms with E-state index in [0.717, 1.165) is 26.6 Å². The van der Waals surface area contributed by atoms with Crippen molar-refractivity contribution in [3.05, 3.63) is 52.1 Å². The van der Waals surface area contributed by atoms with Crippen LogP contribution in [0.5, 0.6) is 0 Å². The smallest absolute Gasteiger partial charge is 0.147 e. The number of rotatable bonds is 3. The normalized spacial score (nSPS) is 12.6. The molecule has 3 aromatic rings. The van der Waals surface area contributed by atoms with Crippen LogP contribution in [0.15, 0.2) is 36.0 Å². The summed E-state index contributed by atoms with van der Waals surface area (Å²) in [4.78, 5) is 8.69. The summed E-state index contributed by atoms with van der Waals surface area (Å²) in [5.41, 5.74) is 3.26. The highest BCUT2D eigenvalue weighted by Crippen LogP contribution is 2.31. The fourth-order valence-electron chi connectivity index (χ4n) is 2.18. The Morgan fingerprint density at radius 1 is 1.25 bits per heavy atom. The maximum Gasteiger partial charge on any atom is 0.147 e. The molecule has 0 aliphatic carbocycles. The van der Waals surface area contributed by atoms with E-state index in [1.165, 1.54) is 5.56 Å². The standard InChI is InChI=1S/C15H14ClN3S/c1-9-7-20-14-13(9)17-8-18-15(14)19-10(2)11-5-3-4-6-12(11)16/h3-8,10H,1-2H3,(H,17,18,19). The minimum absolute atomic E-state index is 0.0872. The summed E-state index contributed by atoms with van der Waals surface area (Å²) in [5.74, 6) is 0.862. The molecule has 0 radical (unpaired) electrons. The van der Waals surface area contributed by atoms with Crippen LogP contribution in [0, 0.1) is 6.92 Å². The first kappa shape index (κ1) is 13.3. The van der Waals surface area contributed by atoms with Gasteiger partial charge in [0.05, 0.1) is 16.3 Å². The van der Waals surface area contributed by atoms with Crippen LogP contribution in [0.4, 0.5) is 5.82 Å². The van der Waals surface area contributed by atoms with E-state index in [-0.39, 0.29) is 6.04 Å². The lowest BCUT2D eigenvalue weighted by Gasteiger charge is -2.16. The van der Waals surface area contributed by atoms with Gasteiger partial charge in [0.2, 0.25) is 0 Å². The van der Waals surface area contributed by atoms with Crippen LogP contribution >= 0.6 is 22.9 Å². The lowest BCUT2D eigenvalue weighted by Crippen LogP contribution is -2.08.